The largest absolute Gasteiger partial charge is 0.493 e. The Morgan fingerprint density at radius 2 is 1.95 bits per heavy atom. The van der Waals surface area contributed by atoms with Gasteiger partial charge in [0.15, 0.2) is 11.5 Å². The summed E-state index contributed by atoms with van der Waals surface area (Å²) in [6.07, 6.45) is 11.5. The monoisotopic (exact) mass is 272 g/mol. The molecule has 0 unspecified atom stereocenters. The Labute approximate surface area is 122 Å². The molecule has 1 saturated carbocycles. The molecule has 0 amide bonds. The molecule has 1 aromatic rings. The Morgan fingerprint density at radius 1 is 1.15 bits per heavy atom. The van der Waals surface area contributed by atoms with Gasteiger partial charge >= 0.3 is 0 Å². The molecule has 1 aliphatic carbocycles. The normalized spacial score (nSPS) is 14.8. The van der Waals surface area contributed by atoms with Crippen LogP contribution in [0.4, 0.5) is 0 Å². The molecular weight excluding hydrogens is 248 g/mol. The second-order valence-electron chi connectivity index (χ2n) is 5.20. The lowest BCUT2D eigenvalue weighted by molar-refractivity contribution is 0.300. The molecule has 1 aromatic carbocycles. The van der Waals surface area contributed by atoms with E-state index in [2.05, 4.69) is 24.8 Å². The molecule has 1 aliphatic rings. The van der Waals surface area contributed by atoms with Crippen LogP contribution in [0, 0.1) is 0 Å². The lowest BCUT2D eigenvalue weighted by Crippen LogP contribution is -1.98. The zero-order valence-electron chi connectivity index (χ0n) is 12.4. The maximum Gasteiger partial charge on any atom is 0.161 e. The molecule has 108 valence electrons. The number of hydrogen-bond acceptors (Lipinski definition) is 2. The van der Waals surface area contributed by atoms with Crippen molar-refractivity contribution in [3.63, 3.8) is 0 Å². The third kappa shape index (κ3) is 4.16. The highest BCUT2D eigenvalue weighted by atomic mass is 16.5. The highest BCUT2D eigenvalue weighted by Crippen LogP contribution is 2.31. The van der Waals surface area contributed by atoms with Gasteiger partial charge in [-0.3, -0.25) is 0 Å². The van der Waals surface area contributed by atoms with Gasteiger partial charge in [-0.1, -0.05) is 30.2 Å². The molecule has 0 heterocycles. The maximum atomic E-state index is 5.70. The average molecular weight is 272 g/mol. The van der Waals surface area contributed by atoms with Crippen molar-refractivity contribution in [1.29, 1.82) is 0 Å². The predicted octanol–water partition coefficient (Wildman–Crippen LogP) is 5.00. The second kappa shape index (κ2) is 7.78. The van der Waals surface area contributed by atoms with Crippen molar-refractivity contribution in [2.45, 2.75) is 38.5 Å². The van der Waals surface area contributed by atoms with E-state index in [0.717, 1.165) is 17.9 Å². The number of benzene rings is 1. The van der Waals surface area contributed by atoms with Crippen molar-refractivity contribution in [1.82, 2.24) is 0 Å². The fourth-order valence-electron chi connectivity index (χ4n) is 2.53. The Morgan fingerprint density at radius 3 is 2.65 bits per heavy atom. The molecule has 2 rings (SSSR count). The van der Waals surface area contributed by atoms with E-state index in [0.29, 0.717) is 6.61 Å². The topological polar surface area (TPSA) is 18.5 Å². The third-order valence-corrected chi connectivity index (χ3v) is 3.63. The van der Waals surface area contributed by atoms with Crippen LogP contribution in [-0.4, -0.2) is 13.7 Å². The van der Waals surface area contributed by atoms with Crippen molar-refractivity contribution < 1.29 is 9.47 Å². The molecule has 0 spiro atoms. The van der Waals surface area contributed by atoms with E-state index >= 15 is 0 Å². The van der Waals surface area contributed by atoms with Gasteiger partial charge in [0, 0.05) is 0 Å². The summed E-state index contributed by atoms with van der Waals surface area (Å²) < 4.78 is 11.1. The van der Waals surface area contributed by atoms with Gasteiger partial charge in [0.25, 0.3) is 0 Å². The van der Waals surface area contributed by atoms with E-state index < -0.39 is 0 Å². The Balaban J connectivity index is 2.09. The van der Waals surface area contributed by atoms with E-state index in [1.54, 1.807) is 12.7 Å². The van der Waals surface area contributed by atoms with E-state index in [9.17, 15) is 0 Å². The van der Waals surface area contributed by atoms with Crippen molar-refractivity contribution in [2.24, 2.45) is 0 Å². The molecule has 20 heavy (non-hydrogen) atoms. The SMILES string of the molecule is C=CCCOc1ccc(C=C2CCCCC2)cc1OC. The van der Waals surface area contributed by atoms with Crippen LogP contribution >= 0.6 is 0 Å². The molecule has 0 aliphatic heterocycles. The molecule has 0 N–H and O–H groups in total. The van der Waals surface area contributed by atoms with E-state index in [1.165, 1.54) is 37.7 Å². The fraction of sp³-hybridized carbons (Fsp3) is 0.444. The molecule has 2 heteroatoms. The Hall–Kier alpha value is -1.70. The van der Waals surface area contributed by atoms with Gasteiger partial charge in [0.05, 0.1) is 13.7 Å². The molecule has 0 aromatic heterocycles. The van der Waals surface area contributed by atoms with E-state index in [4.69, 9.17) is 9.47 Å². The van der Waals surface area contributed by atoms with Gasteiger partial charge in [-0.05, 0) is 49.8 Å². The first kappa shape index (κ1) is 14.7. The predicted molar refractivity (Wildman–Crippen MR) is 84.4 cm³/mol. The van der Waals surface area contributed by atoms with Crippen molar-refractivity contribution in [3.05, 3.63) is 42.0 Å². The van der Waals surface area contributed by atoms with Crippen LogP contribution in [0.5, 0.6) is 11.5 Å². The molecular formula is C18H24O2. The van der Waals surface area contributed by atoms with Crippen LogP contribution in [0.2, 0.25) is 0 Å². The quantitative estimate of drug-likeness (QED) is 0.536. The summed E-state index contributed by atoms with van der Waals surface area (Å²) in [7, 11) is 1.69. The Kier molecular flexibility index (Phi) is 5.72. The van der Waals surface area contributed by atoms with Crippen LogP contribution < -0.4 is 9.47 Å². The molecule has 0 radical (unpaired) electrons. The fourth-order valence-corrected chi connectivity index (χ4v) is 2.53. The summed E-state index contributed by atoms with van der Waals surface area (Å²) in [4.78, 5) is 0. The molecule has 0 bridgehead atoms. The first-order valence-electron chi connectivity index (χ1n) is 7.44. The van der Waals surface area contributed by atoms with Crippen molar-refractivity contribution in [3.8, 4) is 11.5 Å². The van der Waals surface area contributed by atoms with Crippen LogP contribution in [0.25, 0.3) is 6.08 Å². The molecule has 1 fully saturated rings. The van der Waals surface area contributed by atoms with Gasteiger partial charge < -0.3 is 9.47 Å². The van der Waals surface area contributed by atoms with E-state index in [-0.39, 0.29) is 0 Å². The van der Waals surface area contributed by atoms with Crippen LogP contribution in [0.3, 0.4) is 0 Å². The van der Waals surface area contributed by atoms with Gasteiger partial charge in [-0.2, -0.15) is 0 Å². The lowest BCUT2D eigenvalue weighted by atomic mass is 9.93. The first-order chi connectivity index (χ1) is 9.83. The highest BCUT2D eigenvalue weighted by molar-refractivity contribution is 5.58. The number of rotatable bonds is 6. The molecule has 0 atom stereocenters. The zero-order chi connectivity index (χ0) is 14.2. The number of hydrogen-bond donors (Lipinski definition) is 0. The van der Waals surface area contributed by atoms with Gasteiger partial charge in [0.2, 0.25) is 0 Å². The number of methoxy groups -OCH3 is 1. The smallest absolute Gasteiger partial charge is 0.161 e. The minimum Gasteiger partial charge on any atom is -0.493 e. The van der Waals surface area contributed by atoms with Gasteiger partial charge in [-0.15, -0.1) is 6.58 Å². The summed E-state index contributed by atoms with van der Waals surface area (Å²) in [5.74, 6) is 1.61. The highest BCUT2D eigenvalue weighted by Gasteiger charge is 2.08. The van der Waals surface area contributed by atoms with Crippen LogP contribution in [0.15, 0.2) is 36.4 Å². The minimum absolute atomic E-state index is 0.639. The van der Waals surface area contributed by atoms with E-state index in [1.807, 2.05) is 12.1 Å². The van der Waals surface area contributed by atoms with Crippen LogP contribution in [0.1, 0.15) is 44.1 Å². The minimum atomic E-state index is 0.639. The van der Waals surface area contributed by atoms with Crippen molar-refractivity contribution >= 4 is 6.08 Å². The molecule has 2 nitrogen and oxygen atoms in total. The Bertz CT molecular complexity index is 466. The lowest BCUT2D eigenvalue weighted by Gasteiger charge is -2.14. The zero-order valence-corrected chi connectivity index (χ0v) is 12.4. The second-order valence-corrected chi connectivity index (χ2v) is 5.20. The summed E-state index contributed by atoms with van der Waals surface area (Å²) in [5.41, 5.74) is 2.76. The summed E-state index contributed by atoms with van der Waals surface area (Å²) >= 11 is 0. The van der Waals surface area contributed by atoms with Crippen LogP contribution in [-0.2, 0) is 0 Å². The summed E-state index contributed by atoms with van der Waals surface area (Å²) in [5, 5.41) is 0. The maximum absolute atomic E-state index is 5.70. The van der Waals surface area contributed by atoms with Gasteiger partial charge in [0.1, 0.15) is 0 Å². The average Bonchev–Trinajstić information content (AvgIpc) is 2.50. The first-order valence-corrected chi connectivity index (χ1v) is 7.44. The van der Waals surface area contributed by atoms with Gasteiger partial charge in [-0.25, -0.2) is 0 Å². The molecule has 0 saturated heterocycles. The third-order valence-electron chi connectivity index (χ3n) is 3.63. The summed E-state index contributed by atoms with van der Waals surface area (Å²) in [6.45, 7) is 4.33. The van der Waals surface area contributed by atoms with Crippen molar-refractivity contribution in [2.75, 3.05) is 13.7 Å². The number of allylic oxidation sites excluding steroid dienone is 1. The number of ether oxygens (including phenoxy) is 2. The standard InChI is InChI=1S/C18H24O2/c1-3-4-12-20-17-11-10-16(14-18(17)19-2)13-15-8-6-5-7-9-15/h3,10-11,13-14H,1,4-9,12H2,2H3. The summed E-state index contributed by atoms with van der Waals surface area (Å²) in [6, 6.07) is 6.16.